The molecule has 0 amide bonds. The van der Waals surface area contributed by atoms with Gasteiger partial charge in [0.05, 0.1) is 93.0 Å². The molecule has 1 aliphatic heterocycles. The van der Waals surface area contributed by atoms with E-state index in [1.165, 1.54) is 4.19 Å². The van der Waals surface area contributed by atoms with E-state index >= 15 is 0 Å². The minimum Gasteiger partial charge on any atom is -0.107 e. The average Bonchev–Trinajstić information content (AvgIpc) is 3.73. The van der Waals surface area contributed by atoms with E-state index < -0.39 is 5.92 Å². The van der Waals surface area contributed by atoms with E-state index in [0.29, 0.717) is 5.56 Å². The van der Waals surface area contributed by atoms with Gasteiger partial charge in [-0.3, -0.25) is 0 Å². The van der Waals surface area contributed by atoms with Gasteiger partial charge in [-0.05, 0) is 11.5 Å². The summed E-state index contributed by atoms with van der Waals surface area (Å²) >= 11 is 100. The quantitative estimate of drug-likeness (QED) is 0.0817. The molecule has 0 saturated carbocycles. The number of hydrogen-bond donors (Lipinski definition) is 0. The zero-order chi connectivity index (χ0) is 33.1. The first kappa shape index (κ1) is 38.2. The third-order valence-corrected chi connectivity index (χ3v) is 18.1. The molecule has 5 rings (SSSR count). The summed E-state index contributed by atoms with van der Waals surface area (Å²) in [6, 6.07) is 0. The van der Waals surface area contributed by atoms with E-state index in [1.807, 2.05) is 6.08 Å². The summed E-state index contributed by atoms with van der Waals surface area (Å²) in [5.74, 6) is -1.24. The standard InChI is InChI=1S/C27H7Cl14S4/c28-12-7(2-1-6-5-44-27(45-6)26-42-3-4-43-26)13(29)15(31)9(14(12)30)8(10-16(32)20(36)24(40)21(37)17(10)33)11-18(34)22(38)25(41)23(39)19(11)35/h1-5,8,27H/q+1/b2-1+. The second kappa shape index (κ2) is 15.7. The molecule has 4 aromatic rings. The van der Waals surface area contributed by atoms with E-state index in [-0.39, 0.29) is 91.6 Å². The summed E-state index contributed by atoms with van der Waals surface area (Å²) in [4.78, 5) is 1.000. The van der Waals surface area contributed by atoms with Gasteiger partial charge in [-0.15, -0.1) is 11.8 Å². The van der Waals surface area contributed by atoms with Crippen LogP contribution in [0, 0.1) is 0 Å². The molecule has 2 heterocycles. The average molecular weight is 956 g/mol. The smallest absolute Gasteiger partial charge is 0.107 e. The first-order valence-electron chi connectivity index (χ1n) is 11.6. The summed E-state index contributed by atoms with van der Waals surface area (Å²) in [6.45, 7) is 0. The van der Waals surface area contributed by atoms with Crippen LogP contribution in [0.15, 0.2) is 27.1 Å². The van der Waals surface area contributed by atoms with Crippen LogP contribution in [-0.2, 0) is 0 Å². The van der Waals surface area contributed by atoms with Crippen molar-refractivity contribution in [3.8, 4) is 0 Å². The first-order valence-corrected chi connectivity index (χ1v) is 20.5. The summed E-state index contributed by atoms with van der Waals surface area (Å²) in [7, 11) is 0. The largest absolute Gasteiger partial charge is 0.277 e. The van der Waals surface area contributed by atoms with Gasteiger partial charge in [0.1, 0.15) is 15.3 Å². The lowest BCUT2D eigenvalue weighted by Gasteiger charge is -2.28. The summed E-state index contributed by atoms with van der Waals surface area (Å²) < 4.78 is 1.55. The van der Waals surface area contributed by atoms with Gasteiger partial charge in [0.2, 0.25) is 0 Å². The molecule has 1 aliphatic rings. The zero-order valence-corrected chi connectivity index (χ0v) is 34.8. The number of allylic oxidation sites excluding steroid dienone is 1. The van der Waals surface area contributed by atoms with Crippen molar-refractivity contribution in [3.63, 3.8) is 0 Å². The van der Waals surface area contributed by atoms with Crippen molar-refractivity contribution in [2.45, 2.75) is 10.5 Å². The molecule has 1 aromatic heterocycles. The molecule has 1 unspecified atom stereocenters. The van der Waals surface area contributed by atoms with Crippen molar-refractivity contribution in [1.29, 1.82) is 0 Å². The first-order chi connectivity index (χ1) is 21.2. The molecule has 18 heteroatoms. The highest BCUT2D eigenvalue weighted by Gasteiger charge is 2.37. The number of hydrogen-bond acceptors (Lipinski definition) is 3. The summed E-state index contributed by atoms with van der Waals surface area (Å²) in [6.07, 6.45) is 3.61. The Morgan fingerprint density at radius 2 is 0.933 bits per heavy atom. The Labute approximate surface area is 344 Å². The van der Waals surface area contributed by atoms with Crippen LogP contribution in [-0.4, -0.2) is 0 Å². The lowest BCUT2D eigenvalue weighted by molar-refractivity contribution is 0.978. The molecule has 0 nitrogen and oxygen atoms in total. The molecular formula is C27H7Cl14S4+. The predicted molar refractivity (Wildman–Crippen MR) is 212 cm³/mol. The van der Waals surface area contributed by atoms with E-state index in [1.54, 1.807) is 52.3 Å². The van der Waals surface area contributed by atoms with Crippen LogP contribution in [0.3, 0.4) is 0 Å². The fraction of sp³-hybridized carbons (Fsp3) is 0.0741. The molecule has 45 heavy (non-hydrogen) atoms. The van der Waals surface area contributed by atoms with E-state index in [0.717, 1.165) is 4.91 Å². The zero-order valence-electron chi connectivity index (χ0n) is 21.0. The lowest BCUT2D eigenvalue weighted by atomic mass is 9.84. The highest BCUT2D eigenvalue weighted by atomic mass is 35.5. The van der Waals surface area contributed by atoms with Gasteiger partial charge >= 0.3 is 0 Å². The molecule has 0 radical (unpaired) electrons. The van der Waals surface area contributed by atoms with Crippen LogP contribution in [0.1, 0.15) is 36.9 Å². The fourth-order valence-corrected chi connectivity index (χ4v) is 13.0. The Morgan fingerprint density at radius 3 is 1.33 bits per heavy atom. The van der Waals surface area contributed by atoms with Crippen LogP contribution in [0.4, 0.5) is 0 Å². The van der Waals surface area contributed by atoms with Gasteiger partial charge in [0.25, 0.3) is 4.19 Å². The predicted octanol–water partition coefficient (Wildman–Crippen LogP) is 18.5. The highest BCUT2D eigenvalue weighted by Crippen LogP contribution is 2.59. The maximum atomic E-state index is 7.00. The molecule has 0 fully saturated rings. The van der Waals surface area contributed by atoms with Gasteiger partial charge < -0.3 is 0 Å². The van der Waals surface area contributed by atoms with Gasteiger partial charge in [0.15, 0.2) is 0 Å². The van der Waals surface area contributed by atoms with Crippen LogP contribution in [0.2, 0.25) is 70.3 Å². The van der Waals surface area contributed by atoms with E-state index in [4.69, 9.17) is 162 Å². The Morgan fingerprint density at radius 1 is 0.533 bits per heavy atom. The highest BCUT2D eigenvalue weighted by molar-refractivity contribution is 8.22. The van der Waals surface area contributed by atoms with Gasteiger partial charge in [-0.25, -0.2) is 0 Å². The number of benzene rings is 3. The van der Waals surface area contributed by atoms with Gasteiger partial charge in [0, 0.05) is 33.1 Å². The summed E-state index contributed by atoms with van der Waals surface area (Å²) in [5, 5.41) is 5.18. The molecule has 1 atom stereocenters. The third-order valence-electron chi connectivity index (χ3n) is 6.27. The third kappa shape index (κ3) is 7.21. The maximum Gasteiger partial charge on any atom is 0.277 e. The monoisotopic (exact) mass is 949 g/mol. The number of rotatable bonds is 6. The molecule has 0 saturated heterocycles. The van der Waals surface area contributed by atoms with E-state index in [9.17, 15) is 0 Å². The van der Waals surface area contributed by atoms with Crippen molar-refractivity contribution in [2.75, 3.05) is 0 Å². The van der Waals surface area contributed by atoms with E-state index in [2.05, 4.69) is 16.2 Å². The SMILES string of the molecule is Clc1c(Cl)c(Cl)c(C(c2c(Cl)c(Cl)c(Cl)c(Cl)c2Cl)c2c(Cl)c(Cl)c(/C=C/C3=CSC(c4scc[s+]4)S3)c(Cl)c2Cl)c(Cl)c1Cl. The Bertz CT molecular complexity index is 1760. The lowest BCUT2D eigenvalue weighted by Crippen LogP contribution is -2.11. The molecule has 0 bridgehead atoms. The minimum atomic E-state index is -1.24. The molecule has 3 aromatic carbocycles. The minimum absolute atomic E-state index is 0.0277. The van der Waals surface area contributed by atoms with Gasteiger partial charge in [-0.2, -0.15) is 0 Å². The Kier molecular flexibility index (Phi) is 13.3. The van der Waals surface area contributed by atoms with Crippen LogP contribution in [0.25, 0.3) is 6.08 Å². The Balaban J connectivity index is 1.74. The Hall–Kier alpha value is 1.95. The molecule has 0 N–H and O–H groups in total. The number of thioether (sulfide) groups is 2. The second-order valence-corrected chi connectivity index (χ2v) is 18.7. The molecule has 0 aliphatic carbocycles. The fourth-order valence-electron chi connectivity index (χ4n) is 4.23. The van der Waals surface area contributed by atoms with Crippen molar-refractivity contribution in [1.82, 2.24) is 0 Å². The van der Waals surface area contributed by atoms with Crippen molar-refractivity contribution in [2.24, 2.45) is 0 Å². The second-order valence-electron chi connectivity index (χ2n) is 8.75. The topological polar surface area (TPSA) is 0 Å². The normalized spacial score (nSPS) is 15.2. The molecular weight excluding hydrogens is 949 g/mol. The van der Waals surface area contributed by atoms with Crippen molar-refractivity contribution >= 4 is 215 Å². The van der Waals surface area contributed by atoms with Crippen LogP contribution >= 0.6 is 209 Å². The molecule has 0 spiro atoms. The van der Waals surface area contributed by atoms with Crippen molar-refractivity contribution in [3.05, 3.63) is 124 Å². The number of halogens is 14. The molecule has 236 valence electrons. The van der Waals surface area contributed by atoms with Crippen LogP contribution < -0.4 is 0 Å². The van der Waals surface area contributed by atoms with Crippen molar-refractivity contribution < 1.29 is 0 Å². The van der Waals surface area contributed by atoms with Gasteiger partial charge in [-0.1, -0.05) is 180 Å². The van der Waals surface area contributed by atoms with Crippen LogP contribution in [0.5, 0.6) is 0 Å². The summed E-state index contributed by atoms with van der Waals surface area (Å²) in [5.41, 5.74) is 0.602. The maximum absolute atomic E-state index is 7.00.